The largest absolute Gasteiger partial charge is 0.497 e. The number of hydrogen-bond donors (Lipinski definition) is 0. The summed E-state index contributed by atoms with van der Waals surface area (Å²) >= 11 is 0. The summed E-state index contributed by atoms with van der Waals surface area (Å²) in [5.74, 6) is 1.22. The molecule has 1 aliphatic heterocycles. The van der Waals surface area contributed by atoms with E-state index in [1.165, 1.54) is 0 Å². The molecule has 1 fully saturated rings. The number of hydrogen-bond acceptors (Lipinski definition) is 4. The van der Waals surface area contributed by atoms with E-state index in [4.69, 9.17) is 9.47 Å². The fourth-order valence-corrected chi connectivity index (χ4v) is 2.23. The van der Waals surface area contributed by atoms with Crippen molar-refractivity contribution in [1.82, 2.24) is 9.80 Å². The highest BCUT2D eigenvalue weighted by molar-refractivity contribution is 5.81. The van der Waals surface area contributed by atoms with E-state index in [0.29, 0.717) is 37.7 Å². The van der Waals surface area contributed by atoms with Gasteiger partial charge in [-0.15, -0.1) is 0 Å². The fraction of sp³-hybridized carbons (Fsp3) is 0.467. The highest BCUT2D eigenvalue weighted by Gasteiger charge is 2.25. The standard InChI is InChI=1S/C15H20N2O4/c1-12(21-14-5-3-4-13(10-14)20-2)15(19)17-8-6-16(11-18)7-9-17/h3-5,10-12H,6-9H2,1-2H3. The Morgan fingerprint density at radius 1 is 1.24 bits per heavy atom. The molecule has 1 aromatic carbocycles. The lowest BCUT2D eigenvalue weighted by Crippen LogP contribution is -2.51. The van der Waals surface area contributed by atoms with E-state index in [0.717, 1.165) is 6.41 Å². The lowest BCUT2D eigenvalue weighted by atomic mass is 10.2. The van der Waals surface area contributed by atoms with Gasteiger partial charge in [0.15, 0.2) is 6.10 Å². The SMILES string of the molecule is COc1cccc(OC(C)C(=O)N2CCN(C=O)CC2)c1. The predicted molar refractivity (Wildman–Crippen MR) is 77.3 cm³/mol. The quantitative estimate of drug-likeness (QED) is 0.752. The zero-order valence-corrected chi connectivity index (χ0v) is 12.3. The lowest BCUT2D eigenvalue weighted by Gasteiger charge is -2.34. The van der Waals surface area contributed by atoms with Crippen molar-refractivity contribution in [3.8, 4) is 11.5 Å². The maximum atomic E-state index is 12.3. The Kier molecular flexibility index (Phi) is 5.03. The summed E-state index contributed by atoms with van der Waals surface area (Å²) in [6.07, 6.45) is 0.248. The molecule has 0 bridgehead atoms. The van der Waals surface area contributed by atoms with Crippen molar-refractivity contribution in [1.29, 1.82) is 0 Å². The van der Waals surface area contributed by atoms with Crippen LogP contribution < -0.4 is 9.47 Å². The van der Waals surface area contributed by atoms with Gasteiger partial charge >= 0.3 is 0 Å². The maximum Gasteiger partial charge on any atom is 0.263 e. The number of rotatable bonds is 5. The van der Waals surface area contributed by atoms with Crippen LogP contribution in [0.15, 0.2) is 24.3 Å². The third-order valence-corrected chi connectivity index (χ3v) is 3.48. The molecule has 1 heterocycles. The molecule has 21 heavy (non-hydrogen) atoms. The van der Waals surface area contributed by atoms with Crippen LogP contribution in [0.4, 0.5) is 0 Å². The molecule has 1 saturated heterocycles. The number of ether oxygens (including phenoxy) is 2. The van der Waals surface area contributed by atoms with E-state index in [1.807, 2.05) is 12.1 Å². The molecule has 1 unspecified atom stereocenters. The molecule has 0 aromatic heterocycles. The van der Waals surface area contributed by atoms with Crippen LogP contribution in [-0.2, 0) is 9.59 Å². The summed E-state index contributed by atoms with van der Waals surface area (Å²) in [5.41, 5.74) is 0. The van der Waals surface area contributed by atoms with E-state index in [9.17, 15) is 9.59 Å². The van der Waals surface area contributed by atoms with Gasteiger partial charge in [-0.05, 0) is 19.1 Å². The molecule has 0 saturated carbocycles. The molecular weight excluding hydrogens is 272 g/mol. The summed E-state index contributed by atoms with van der Waals surface area (Å²) in [6, 6.07) is 7.16. The third kappa shape index (κ3) is 3.87. The summed E-state index contributed by atoms with van der Waals surface area (Å²) in [4.78, 5) is 26.4. The zero-order chi connectivity index (χ0) is 15.2. The van der Waals surface area contributed by atoms with Crippen LogP contribution in [0.25, 0.3) is 0 Å². The monoisotopic (exact) mass is 292 g/mol. The molecule has 1 aromatic rings. The van der Waals surface area contributed by atoms with Gasteiger partial charge in [0.25, 0.3) is 5.91 Å². The highest BCUT2D eigenvalue weighted by atomic mass is 16.5. The average Bonchev–Trinajstić information content (AvgIpc) is 2.54. The minimum absolute atomic E-state index is 0.0663. The average molecular weight is 292 g/mol. The molecule has 0 radical (unpaired) electrons. The van der Waals surface area contributed by atoms with E-state index >= 15 is 0 Å². The molecule has 2 rings (SSSR count). The second-order valence-electron chi connectivity index (χ2n) is 4.91. The fourth-order valence-electron chi connectivity index (χ4n) is 2.23. The first-order valence-corrected chi connectivity index (χ1v) is 6.93. The van der Waals surface area contributed by atoms with Crippen molar-refractivity contribution in [3.05, 3.63) is 24.3 Å². The number of benzene rings is 1. The first kappa shape index (κ1) is 15.2. The van der Waals surface area contributed by atoms with Gasteiger partial charge in [-0.1, -0.05) is 6.07 Å². The highest BCUT2D eigenvalue weighted by Crippen LogP contribution is 2.20. The van der Waals surface area contributed by atoms with Crippen molar-refractivity contribution in [2.24, 2.45) is 0 Å². The number of nitrogens with zero attached hydrogens (tertiary/aromatic N) is 2. The van der Waals surface area contributed by atoms with E-state index < -0.39 is 6.10 Å². The normalized spacial score (nSPS) is 16.3. The minimum Gasteiger partial charge on any atom is -0.497 e. The molecule has 6 heteroatoms. The Balaban J connectivity index is 1.91. The summed E-state index contributed by atoms with van der Waals surface area (Å²) in [5, 5.41) is 0. The molecule has 6 nitrogen and oxygen atoms in total. The molecule has 0 N–H and O–H groups in total. The third-order valence-electron chi connectivity index (χ3n) is 3.48. The second kappa shape index (κ2) is 6.97. The van der Waals surface area contributed by atoms with Gasteiger partial charge < -0.3 is 19.3 Å². The molecular formula is C15H20N2O4. The van der Waals surface area contributed by atoms with Gasteiger partial charge in [0.1, 0.15) is 11.5 Å². The summed E-state index contributed by atoms with van der Waals surface area (Å²) in [6.45, 7) is 3.96. The van der Waals surface area contributed by atoms with Crippen LogP contribution in [0.1, 0.15) is 6.92 Å². The Bertz CT molecular complexity index is 498. The Hall–Kier alpha value is -2.24. The predicted octanol–water partition coefficient (Wildman–Crippen LogP) is 0.763. The van der Waals surface area contributed by atoms with Crippen molar-refractivity contribution >= 4 is 12.3 Å². The van der Waals surface area contributed by atoms with Crippen LogP contribution in [0.3, 0.4) is 0 Å². The molecule has 114 valence electrons. The van der Waals surface area contributed by atoms with Crippen molar-refractivity contribution < 1.29 is 19.1 Å². The van der Waals surface area contributed by atoms with Crippen LogP contribution in [0.5, 0.6) is 11.5 Å². The Morgan fingerprint density at radius 2 is 1.90 bits per heavy atom. The van der Waals surface area contributed by atoms with Gasteiger partial charge in [-0.2, -0.15) is 0 Å². The lowest BCUT2D eigenvalue weighted by molar-refractivity contribution is -0.141. The van der Waals surface area contributed by atoms with Crippen molar-refractivity contribution in [2.75, 3.05) is 33.3 Å². The van der Waals surface area contributed by atoms with Gasteiger partial charge in [0, 0.05) is 32.2 Å². The Morgan fingerprint density at radius 3 is 2.52 bits per heavy atom. The smallest absolute Gasteiger partial charge is 0.263 e. The van der Waals surface area contributed by atoms with Gasteiger partial charge in [-0.25, -0.2) is 0 Å². The zero-order valence-electron chi connectivity index (χ0n) is 12.3. The molecule has 0 spiro atoms. The maximum absolute atomic E-state index is 12.3. The van der Waals surface area contributed by atoms with Crippen molar-refractivity contribution in [3.63, 3.8) is 0 Å². The van der Waals surface area contributed by atoms with Crippen molar-refractivity contribution in [2.45, 2.75) is 13.0 Å². The van der Waals surface area contributed by atoms with Gasteiger partial charge in [0.2, 0.25) is 6.41 Å². The first-order chi connectivity index (χ1) is 10.1. The minimum atomic E-state index is -0.570. The topological polar surface area (TPSA) is 59.1 Å². The number of carbonyl (C=O) groups excluding carboxylic acids is 2. The van der Waals surface area contributed by atoms with Crippen LogP contribution in [0.2, 0.25) is 0 Å². The number of carbonyl (C=O) groups is 2. The van der Waals surface area contributed by atoms with E-state index in [-0.39, 0.29) is 5.91 Å². The van der Waals surface area contributed by atoms with E-state index in [1.54, 1.807) is 36.0 Å². The molecule has 1 aliphatic rings. The number of amides is 2. The van der Waals surface area contributed by atoms with E-state index in [2.05, 4.69) is 0 Å². The first-order valence-electron chi connectivity index (χ1n) is 6.93. The molecule has 1 atom stereocenters. The molecule has 0 aliphatic carbocycles. The van der Waals surface area contributed by atoms with Crippen LogP contribution >= 0.6 is 0 Å². The summed E-state index contributed by atoms with van der Waals surface area (Å²) < 4.78 is 10.8. The summed E-state index contributed by atoms with van der Waals surface area (Å²) in [7, 11) is 1.58. The van der Waals surface area contributed by atoms with Crippen LogP contribution in [-0.4, -0.2) is 61.5 Å². The van der Waals surface area contributed by atoms with Gasteiger partial charge in [-0.3, -0.25) is 9.59 Å². The van der Waals surface area contributed by atoms with Crippen LogP contribution in [0, 0.1) is 0 Å². The molecule has 2 amide bonds. The Labute approximate surface area is 124 Å². The number of piperazine rings is 1. The van der Waals surface area contributed by atoms with Gasteiger partial charge in [0.05, 0.1) is 7.11 Å². The second-order valence-corrected chi connectivity index (χ2v) is 4.91. The number of methoxy groups -OCH3 is 1.